The fraction of sp³-hybridized carbons (Fsp3) is 0.394. The van der Waals surface area contributed by atoms with Crippen molar-refractivity contribution >= 4 is 22.7 Å². The Hall–Kier alpha value is -3.84. The second kappa shape index (κ2) is 12.1. The Kier molecular flexibility index (Phi) is 8.00. The number of amides is 1. The van der Waals surface area contributed by atoms with Gasteiger partial charge in [-0.1, -0.05) is 24.6 Å². The van der Waals surface area contributed by atoms with E-state index in [1.54, 1.807) is 12.4 Å². The van der Waals surface area contributed by atoms with Crippen LogP contribution in [0.15, 0.2) is 73.3 Å². The summed E-state index contributed by atoms with van der Waals surface area (Å²) < 4.78 is 2.00. The van der Waals surface area contributed by atoms with E-state index in [1.807, 2.05) is 70.4 Å². The van der Waals surface area contributed by atoms with Gasteiger partial charge in [0, 0.05) is 67.8 Å². The number of rotatable bonds is 8. The Balaban J connectivity index is 1.13. The number of nitrogens with zero attached hydrogens (tertiary/aromatic N) is 5. The van der Waals surface area contributed by atoms with Crippen LogP contribution in [0.4, 0.5) is 0 Å². The molecule has 0 N–H and O–H groups in total. The zero-order valence-corrected chi connectivity index (χ0v) is 23.0. The maximum Gasteiger partial charge on any atom is 0.256 e. The number of Topliss-reactive ketones (excluding diaryl/α,β-unsaturated/α-hetero) is 1. The van der Waals surface area contributed by atoms with Crippen LogP contribution in [0.2, 0.25) is 0 Å². The normalized spacial score (nSPS) is 16.9. The number of hydrogen-bond acceptors (Lipinski definition) is 5. The van der Waals surface area contributed by atoms with E-state index in [2.05, 4.69) is 14.9 Å². The minimum Gasteiger partial charge on any atom is -0.338 e. The van der Waals surface area contributed by atoms with Gasteiger partial charge in [0.25, 0.3) is 5.91 Å². The highest BCUT2D eigenvalue weighted by Crippen LogP contribution is 2.27. The van der Waals surface area contributed by atoms with Crippen molar-refractivity contribution in [3.05, 3.63) is 90.0 Å². The van der Waals surface area contributed by atoms with E-state index in [1.165, 1.54) is 32.4 Å². The van der Waals surface area contributed by atoms with Crippen LogP contribution in [0.3, 0.4) is 0 Å². The number of piperidine rings is 2. The molecule has 40 heavy (non-hydrogen) atoms. The van der Waals surface area contributed by atoms with Crippen LogP contribution >= 0.6 is 0 Å². The first-order valence-electron chi connectivity index (χ1n) is 14.6. The minimum absolute atomic E-state index is 0.0877. The predicted octanol–water partition coefficient (Wildman–Crippen LogP) is 5.26. The number of carbonyl (C=O) groups is 2. The highest BCUT2D eigenvalue weighted by Gasteiger charge is 2.29. The second-order valence-electron chi connectivity index (χ2n) is 11.2. The summed E-state index contributed by atoms with van der Waals surface area (Å²) in [6, 6.07) is 16.4. The monoisotopic (exact) mass is 535 g/mol. The van der Waals surface area contributed by atoms with Gasteiger partial charge in [-0.3, -0.25) is 14.6 Å². The van der Waals surface area contributed by atoms with Gasteiger partial charge in [-0.25, -0.2) is 4.98 Å². The Morgan fingerprint density at radius 3 is 2.38 bits per heavy atom. The maximum absolute atomic E-state index is 13.7. The molecule has 0 bridgehead atoms. The van der Waals surface area contributed by atoms with Gasteiger partial charge in [-0.2, -0.15) is 0 Å². The first kappa shape index (κ1) is 26.4. The fourth-order valence-corrected chi connectivity index (χ4v) is 6.23. The van der Waals surface area contributed by atoms with Crippen LogP contribution in [0.25, 0.3) is 16.7 Å². The van der Waals surface area contributed by atoms with Crippen molar-refractivity contribution in [1.82, 2.24) is 24.3 Å². The van der Waals surface area contributed by atoms with Gasteiger partial charge in [0.1, 0.15) is 11.4 Å². The largest absolute Gasteiger partial charge is 0.338 e. The molecule has 206 valence electrons. The van der Waals surface area contributed by atoms with E-state index >= 15 is 0 Å². The summed E-state index contributed by atoms with van der Waals surface area (Å²) >= 11 is 0. The Morgan fingerprint density at radius 2 is 1.62 bits per heavy atom. The van der Waals surface area contributed by atoms with Crippen LogP contribution in [-0.2, 0) is 17.6 Å². The molecule has 0 atom stereocenters. The zero-order chi connectivity index (χ0) is 27.3. The molecule has 3 aromatic heterocycles. The summed E-state index contributed by atoms with van der Waals surface area (Å²) in [5.41, 5.74) is 4.47. The van der Waals surface area contributed by atoms with Crippen molar-refractivity contribution in [2.75, 3.05) is 26.2 Å². The van der Waals surface area contributed by atoms with E-state index in [0.29, 0.717) is 30.9 Å². The molecule has 0 aliphatic carbocycles. The van der Waals surface area contributed by atoms with Crippen molar-refractivity contribution in [2.24, 2.45) is 0 Å². The van der Waals surface area contributed by atoms with E-state index < -0.39 is 0 Å². The van der Waals surface area contributed by atoms with Crippen LogP contribution in [0, 0.1) is 0 Å². The molecular weight excluding hydrogens is 498 g/mol. The van der Waals surface area contributed by atoms with Gasteiger partial charge >= 0.3 is 0 Å². The SMILES string of the molecule is O=C(CCc1cccnc1)Cc1ccc(-n2cc(C(=O)N3CCC(N4CCCCC4)CC3)c3cccnc32)cc1. The van der Waals surface area contributed by atoms with E-state index in [-0.39, 0.29) is 11.7 Å². The molecule has 2 fully saturated rings. The summed E-state index contributed by atoms with van der Waals surface area (Å²) in [5, 5.41) is 0.875. The van der Waals surface area contributed by atoms with Gasteiger partial charge in [0.2, 0.25) is 0 Å². The molecule has 2 saturated heterocycles. The van der Waals surface area contributed by atoms with Crippen LogP contribution in [0.5, 0.6) is 0 Å². The van der Waals surface area contributed by atoms with Crippen LogP contribution in [-0.4, -0.2) is 68.2 Å². The molecule has 0 saturated carbocycles. The molecule has 6 rings (SSSR count). The number of pyridine rings is 2. The summed E-state index contributed by atoms with van der Waals surface area (Å²) in [6.45, 7) is 4.01. The molecule has 1 aromatic carbocycles. The number of fused-ring (bicyclic) bond motifs is 1. The average molecular weight is 536 g/mol. The van der Waals surface area contributed by atoms with Gasteiger partial charge in [-0.05, 0) is 86.7 Å². The topological polar surface area (TPSA) is 71.3 Å². The van der Waals surface area contributed by atoms with Crippen molar-refractivity contribution in [3.8, 4) is 5.69 Å². The first-order valence-corrected chi connectivity index (χ1v) is 14.6. The summed E-state index contributed by atoms with van der Waals surface area (Å²) in [5.74, 6) is 0.298. The van der Waals surface area contributed by atoms with Gasteiger partial charge in [0.15, 0.2) is 0 Å². The standard InChI is InChI=1S/C33H37N5O2/c39-29(13-10-26-6-4-16-34-23-26)22-25-8-11-28(12-9-25)38-24-31(30-7-5-17-35-32(30)38)33(40)37-20-14-27(15-21-37)36-18-2-1-3-19-36/h4-9,11-12,16-17,23-24,27H,1-3,10,13-15,18-22H2. The molecule has 1 amide bonds. The van der Waals surface area contributed by atoms with Crippen molar-refractivity contribution in [2.45, 2.75) is 57.4 Å². The first-order chi connectivity index (χ1) is 19.7. The third-order valence-corrected chi connectivity index (χ3v) is 8.48. The van der Waals surface area contributed by atoms with Crippen LogP contribution < -0.4 is 0 Å². The molecule has 5 heterocycles. The number of aryl methyl sites for hydroxylation is 1. The van der Waals surface area contributed by atoms with Gasteiger partial charge in [-0.15, -0.1) is 0 Å². The van der Waals surface area contributed by atoms with E-state index in [0.717, 1.165) is 53.8 Å². The third kappa shape index (κ3) is 5.85. The molecule has 2 aliphatic heterocycles. The smallest absolute Gasteiger partial charge is 0.256 e. The molecule has 2 aliphatic rings. The number of carbonyl (C=O) groups excluding carboxylic acids is 2. The summed E-state index contributed by atoms with van der Waals surface area (Å²) in [7, 11) is 0. The number of aromatic nitrogens is 3. The third-order valence-electron chi connectivity index (χ3n) is 8.48. The number of likely N-dealkylation sites (tertiary alicyclic amines) is 2. The van der Waals surface area contributed by atoms with Crippen LogP contribution in [0.1, 0.15) is 60.0 Å². The lowest BCUT2D eigenvalue weighted by Crippen LogP contribution is -2.48. The quantitative estimate of drug-likeness (QED) is 0.308. The highest BCUT2D eigenvalue weighted by atomic mass is 16.2. The lowest BCUT2D eigenvalue weighted by atomic mass is 9.99. The Morgan fingerprint density at radius 1 is 0.850 bits per heavy atom. The van der Waals surface area contributed by atoms with Crippen molar-refractivity contribution < 1.29 is 9.59 Å². The van der Waals surface area contributed by atoms with E-state index in [9.17, 15) is 9.59 Å². The van der Waals surface area contributed by atoms with E-state index in [4.69, 9.17) is 0 Å². The molecule has 0 radical (unpaired) electrons. The van der Waals surface area contributed by atoms with Crippen molar-refractivity contribution in [3.63, 3.8) is 0 Å². The second-order valence-corrected chi connectivity index (χ2v) is 11.2. The lowest BCUT2D eigenvalue weighted by molar-refractivity contribution is -0.118. The van der Waals surface area contributed by atoms with Gasteiger partial charge < -0.3 is 14.4 Å². The Bertz CT molecular complexity index is 1450. The highest BCUT2D eigenvalue weighted by molar-refractivity contribution is 6.06. The average Bonchev–Trinajstić information content (AvgIpc) is 3.41. The molecular formula is C33H37N5O2. The van der Waals surface area contributed by atoms with Gasteiger partial charge in [0.05, 0.1) is 5.56 Å². The fourth-order valence-electron chi connectivity index (χ4n) is 6.23. The lowest BCUT2D eigenvalue weighted by Gasteiger charge is -2.40. The minimum atomic E-state index is 0.0877. The number of ketones is 1. The summed E-state index contributed by atoms with van der Waals surface area (Å²) in [6.07, 6.45) is 14.9. The summed E-state index contributed by atoms with van der Waals surface area (Å²) in [4.78, 5) is 39.7. The van der Waals surface area contributed by atoms with Crippen molar-refractivity contribution in [1.29, 1.82) is 0 Å². The number of benzene rings is 1. The molecule has 0 unspecified atom stereocenters. The maximum atomic E-state index is 13.7. The predicted molar refractivity (Wildman–Crippen MR) is 157 cm³/mol. The molecule has 7 heteroatoms. The Labute approximate surface area is 235 Å². The molecule has 0 spiro atoms. The molecule has 4 aromatic rings. The number of hydrogen-bond donors (Lipinski definition) is 0. The molecule has 7 nitrogen and oxygen atoms in total. The zero-order valence-electron chi connectivity index (χ0n) is 23.0.